The van der Waals surface area contributed by atoms with Crippen molar-refractivity contribution >= 4 is 6.72 Å². The number of oxime groups is 1. The fourth-order valence-electron chi connectivity index (χ4n) is 2.82. The van der Waals surface area contributed by atoms with E-state index in [-0.39, 0.29) is 6.29 Å². The third kappa shape index (κ3) is 5.71. The molecule has 0 spiro atoms. The molecule has 0 amide bonds. The monoisotopic (exact) mass is 312 g/mol. The van der Waals surface area contributed by atoms with Gasteiger partial charge in [0.2, 0.25) is 0 Å². The average Bonchev–Trinajstić information content (AvgIpc) is 2.53. The molecule has 0 bridgehead atoms. The molecule has 0 radical (unpaired) electrons. The minimum atomic E-state index is -0.0810. The first-order chi connectivity index (χ1) is 10.5. The van der Waals surface area contributed by atoms with Crippen LogP contribution in [0, 0.1) is 17.8 Å². The highest BCUT2D eigenvalue weighted by Gasteiger charge is 2.26. The molecule has 0 aliphatic carbocycles. The molecular formula is C17H32N2O3. The zero-order valence-electron chi connectivity index (χ0n) is 14.7. The summed E-state index contributed by atoms with van der Waals surface area (Å²) in [5.74, 6) is 2.26. The van der Waals surface area contributed by atoms with Crippen LogP contribution >= 0.6 is 0 Å². The molecule has 5 heteroatoms. The van der Waals surface area contributed by atoms with Gasteiger partial charge in [-0.2, -0.15) is 0 Å². The van der Waals surface area contributed by atoms with Crippen LogP contribution in [0.2, 0.25) is 0 Å². The van der Waals surface area contributed by atoms with Gasteiger partial charge in [0.05, 0.1) is 0 Å². The van der Waals surface area contributed by atoms with Gasteiger partial charge >= 0.3 is 0 Å². The first-order valence-electron chi connectivity index (χ1n) is 8.14. The molecule has 1 fully saturated rings. The Morgan fingerprint density at radius 1 is 1.23 bits per heavy atom. The molecule has 1 aliphatic rings. The van der Waals surface area contributed by atoms with Gasteiger partial charge in [0.25, 0.3) is 0 Å². The third-order valence-electron chi connectivity index (χ3n) is 4.65. The van der Waals surface area contributed by atoms with Crippen LogP contribution in [-0.2, 0) is 14.3 Å². The summed E-state index contributed by atoms with van der Waals surface area (Å²) in [6.07, 6.45) is 4.25. The fraction of sp³-hybridized carbons (Fsp3) is 0.824. The number of nitrogens with zero attached hydrogens (tertiary/aromatic N) is 2. The maximum atomic E-state index is 5.37. The van der Waals surface area contributed by atoms with Crippen LogP contribution in [0.25, 0.3) is 0 Å². The van der Waals surface area contributed by atoms with Gasteiger partial charge in [-0.25, -0.2) is 0 Å². The van der Waals surface area contributed by atoms with Gasteiger partial charge in [-0.05, 0) is 37.9 Å². The van der Waals surface area contributed by atoms with E-state index in [2.05, 4.69) is 43.6 Å². The first-order valence-corrected chi connectivity index (χ1v) is 8.14. The Morgan fingerprint density at radius 2 is 1.82 bits per heavy atom. The van der Waals surface area contributed by atoms with Crippen molar-refractivity contribution in [3.63, 3.8) is 0 Å². The number of hydrogen-bond acceptors (Lipinski definition) is 5. The minimum absolute atomic E-state index is 0.0810. The molecule has 5 nitrogen and oxygen atoms in total. The second-order valence-corrected chi connectivity index (χ2v) is 6.34. The maximum Gasteiger partial charge on any atom is 0.159 e. The van der Waals surface area contributed by atoms with Crippen LogP contribution in [0.3, 0.4) is 0 Å². The summed E-state index contributed by atoms with van der Waals surface area (Å²) in [7, 11) is 3.42. The van der Waals surface area contributed by atoms with E-state index in [4.69, 9.17) is 14.3 Å². The number of ether oxygens (including phenoxy) is 2. The van der Waals surface area contributed by atoms with Gasteiger partial charge in [0, 0.05) is 39.3 Å². The van der Waals surface area contributed by atoms with Gasteiger partial charge < -0.3 is 14.3 Å². The molecule has 1 atom stereocenters. The van der Waals surface area contributed by atoms with Crippen molar-refractivity contribution in [3.8, 4) is 0 Å². The minimum Gasteiger partial charge on any atom is -0.362 e. The van der Waals surface area contributed by atoms with Crippen molar-refractivity contribution in [1.82, 2.24) is 4.90 Å². The summed E-state index contributed by atoms with van der Waals surface area (Å²) in [6.45, 7) is 13.0. The highest BCUT2D eigenvalue weighted by Crippen LogP contribution is 2.24. The Kier molecular flexibility index (Phi) is 8.68. The Morgan fingerprint density at radius 3 is 2.27 bits per heavy atom. The predicted molar refractivity (Wildman–Crippen MR) is 89.7 cm³/mol. The SMILES string of the molecule is C=NO/C(=C\CN1CCC(C(OC)OC)CC1)C(C)C(C)C. The van der Waals surface area contributed by atoms with Crippen LogP contribution in [0.1, 0.15) is 33.6 Å². The number of hydrogen-bond donors (Lipinski definition) is 0. The van der Waals surface area contributed by atoms with Crippen LogP contribution in [-0.4, -0.2) is 51.8 Å². The summed E-state index contributed by atoms with van der Waals surface area (Å²) in [4.78, 5) is 7.79. The summed E-state index contributed by atoms with van der Waals surface area (Å²) >= 11 is 0. The zero-order valence-corrected chi connectivity index (χ0v) is 14.7. The smallest absolute Gasteiger partial charge is 0.159 e. The average molecular weight is 312 g/mol. The van der Waals surface area contributed by atoms with E-state index in [1.54, 1.807) is 14.2 Å². The Bertz CT molecular complexity index is 346. The molecule has 1 rings (SSSR count). The van der Waals surface area contributed by atoms with Gasteiger partial charge in [-0.3, -0.25) is 4.90 Å². The molecule has 1 saturated heterocycles. The Balaban J connectivity index is 2.50. The Labute approximate surface area is 135 Å². The normalized spacial score (nSPS) is 19.7. The summed E-state index contributed by atoms with van der Waals surface area (Å²) in [5.41, 5.74) is 0. The molecular weight excluding hydrogens is 280 g/mol. The lowest BCUT2D eigenvalue weighted by molar-refractivity contribution is -0.146. The molecule has 1 unspecified atom stereocenters. The highest BCUT2D eigenvalue weighted by molar-refractivity contribution is 5.21. The summed E-state index contributed by atoms with van der Waals surface area (Å²) in [5, 5.41) is 3.59. The molecule has 1 aliphatic heterocycles. The molecule has 1 heterocycles. The second kappa shape index (κ2) is 9.98. The van der Waals surface area contributed by atoms with E-state index in [1.165, 1.54) is 0 Å². The highest BCUT2D eigenvalue weighted by atomic mass is 16.7. The second-order valence-electron chi connectivity index (χ2n) is 6.34. The lowest BCUT2D eigenvalue weighted by Crippen LogP contribution is -2.39. The van der Waals surface area contributed by atoms with Crippen LogP contribution in [0.15, 0.2) is 17.0 Å². The lowest BCUT2D eigenvalue weighted by atomic mass is 9.94. The molecule has 128 valence electrons. The van der Waals surface area contributed by atoms with Crippen LogP contribution < -0.4 is 0 Å². The van der Waals surface area contributed by atoms with Crippen molar-refractivity contribution in [3.05, 3.63) is 11.8 Å². The fourth-order valence-corrected chi connectivity index (χ4v) is 2.82. The lowest BCUT2D eigenvalue weighted by Gasteiger charge is -2.34. The number of piperidine rings is 1. The van der Waals surface area contributed by atoms with Gasteiger partial charge in [-0.1, -0.05) is 25.9 Å². The van der Waals surface area contributed by atoms with E-state index in [0.29, 0.717) is 17.8 Å². The van der Waals surface area contributed by atoms with E-state index in [0.717, 1.165) is 38.2 Å². The number of methoxy groups -OCH3 is 2. The zero-order chi connectivity index (χ0) is 16.5. The standard InChI is InChI=1S/C17H32N2O3/c1-13(2)14(3)16(22-18-4)9-12-19-10-7-15(8-11-19)17(20-5)21-6/h9,13-15,17H,4,7-8,10-12H2,1-3,5-6H3/b16-9-. The van der Waals surface area contributed by atoms with Crippen molar-refractivity contribution < 1.29 is 14.3 Å². The molecule has 22 heavy (non-hydrogen) atoms. The topological polar surface area (TPSA) is 43.3 Å². The number of likely N-dealkylation sites (tertiary alicyclic amines) is 1. The van der Waals surface area contributed by atoms with E-state index in [9.17, 15) is 0 Å². The Hall–Kier alpha value is -0.910. The molecule has 0 saturated carbocycles. The number of allylic oxidation sites excluding steroid dienone is 1. The van der Waals surface area contributed by atoms with Crippen molar-refractivity contribution in [1.29, 1.82) is 0 Å². The van der Waals surface area contributed by atoms with Crippen molar-refractivity contribution in [2.24, 2.45) is 22.9 Å². The molecule has 0 N–H and O–H groups in total. The number of rotatable bonds is 9. The summed E-state index contributed by atoms with van der Waals surface area (Å²) < 4.78 is 10.7. The van der Waals surface area contributed by atoms with Gasteiger partial charge in [0.1, 0.15) is 5.76 Å². The van der Waals surface area contributed by atoms with Crippen LogP contribution in [0.4, 0.5) is 0 Å². The molecule has 0 aromatic carbocycles. The van der Waals surface area contributed by atoms with E-state index in [1.807, 2.05) is 0 Å². The van der Waals surface area contributed by atoms with Gasteiger partial charge in [0.15, 0.2) is 6.29 Å². The predicted octanol–water partition coefficient (Wildman–Crippen LogP) is 3.13. The van der Waals surface area contributed by atoms with Gasteiger partial charge in [-0.15, -0.1) is 0 Å². The van der Waals surface area contributed by atoms with Crippen molar-refractivity contribution in [2.45, 2.75) is 39.9 Å². The molecule has 0 aromatic heterocycles. The van der Waals surface area contributed by atoms with E-state index >= 15 is 0 Å². The largest absolute Gasteiger partial charge is 0.362 e. The molecule has 0 aromatic rings. The third-order valence-corrected chi connectivity index (χ3v) is 4.65. The van der Waals surface area contributed by atoms with Crippen molar-refractivity contribution in [2.75, 3.05) is 33.9 Å². The quantitative estimate of drug-likeness (QED) is 0.284. The van der Waals surface area contributed by atoms with E-state index < -0.39 is 0 Å². The van der Waals surface area contributed by atoms with Crippen LogP contribution in [0.5, 0.6) is 0 Å². The first kappa shape index (κ1) is 19.1. The maximum absolute atomic E-state index is 5.37. The summed E-state index contributed by atoms with van der Waals surface area (Å²) in [6, 6.07) is 0.